The summed E-state index contributed by atoms with van der Waals surface area (Å²) in [7, 11) is 0. The minimum atomic E-state index is -0.508. The van der Waals surface area contributed by atoms with Crippen LogP contribution in [0.4, 0.5) is 0 Å². The van der Waals surface area contributed by atoms with Crippen molar-refractivity contribution < 1.29 is 14.6 Å². The van der Waals surface area contributed by atoms with Crippen LogP contribution in [-0.4, -0.2) is 35.5 Å². The molecule has 0 bridgehead atoms. The Hall–Kier alpha value is -0.680. The van der Waals surface area contributed by atoms with Gasteiger partial charge in [-0.2, -0.15) is 0 Å². The van der Waals surface area contributed by atoms with Crippen LogP contribution in [0.1, 0.15) is 30.9 Å². The summed E-state index contributed by atoms with van der Waals surface area (Å²) in [5.74, 6) is 0.193. The topological polar surface area (TPSA) is 51.6 Å². The van der Waals surface area contributed by atoms with Crippen molar-refractivity contribution in [2.24, 2.45) is 5.92 Å². The highest BCUT2D eigenvalue weighted by Crippen LogP contribution is 2.40. The van der Waals surface area contributed by atoms with Crippen molar-refractivity contribution in [3.05, 3.63) is 29.0 Å². The second kappa shape index (κ2) is 5.37. The van der Waals surface area contributed by atoms with Crippen LogP contribution in [0.15, 0.2) is 18.3 Å². The minimum absolute atomic E-state index is 0.177. The highest BCUT2D eigenvalue weighted by atomic mass is 35.5. The third-order valence-corrected chi connectivity index (χ3v) is 4.36. The van der Waals surface area contributed by atoms with Crippen molar-refractivity contribution in [3.8, 4) is 0 Å². The quantitative estimate of drug-likeness (QED) is 0.847. The first kappa shape index (κ1) is 13.3. The van der Waals surface area contributed by atoms with E-state index in [1.54, 1.807) is 12.3 Å². The number of halogens is 1. The van der Waals surface area contributed by atoms with E-state index in [9.17, 15) is 5.11 Å². The third kappa shape index (κ3) is 2.77. The molecular formula is C14H18ClNO3. The van der Waals surface area contributed by atoms with Gasteiger partial charge in [0.05, 0.1) is 18.3 Å². The molecule has 0 saturated carbocycles. The van der Waals surface area contributed by atoms with Crippen LogP contribution < -0.4 is 0 Å². The van der Waals surface area contributed by atoms with Gasteiger partial charge in [-0.1, -0.05) is 17.7 Å². The van der Waals surface area contributed by atoms with Crippen LogP contribution in [0, 0.1) is 5.92 Å². The molecule has 3 atom stereocenters. The van der Waals surface area contributed by atoms with Crippen molar-refractivity contribution >= 4 is 11.6 Å². The van der Waals surface area contributed by atoms with E-state index >= 15 is 0 Å². The summed E-state index contributed by atoms with van der Waals surface area (Å²) in [6, 6.07) is 3.56. The number of ether oxygens (including phenoxy) is 2. The van der Waals surface area contributed by atoms with E-state index in [0.29, 0.717) is 18.4 Å². The van der Waals surface area contributed by atoms with Gasteiger partial charge >= 0.3 is 0 Å². The van der Waals surface area contributed by atoms with E-state index in [-0.39, 0.29) is 11.5 Å². The predicted octanol–water partition coefficient (Wildman–Crippen LogP) is 2.35. The largest absolute Gasteiger partial charge is 0.388 e. The normalized spacial score (nSPS) is 32.6. The van der Waals surface area contributed by atoms with Crippen molar-refractivity contribution in [2.45, 2.75) is 31.0 Å². The first-order chi connectivity index (χ1) is 9.19. The summed E-state index contributed by atoms with van der Waals surface area (Å²) in [6.45, 7) is 2.09. The van der Waals surface area contributed by atoms with Gasteiger partial charge in [0.25, 0.3) is 0 Å². The third-order valence-electron chi connectivity index (χ3n) is 4.14. The fourth-order valence-electron chi connectivity index (χ4n) is 3.03. The van der Waals surface area contributed by atoms with Gasteiger partial charge in [-0.25, -0.2) is 4.98 Å². The summed E-state index contributed by atoms with van der Waals surface area (Å²) in [4.78, 5) is 4.03. The van der Waals surface area contributed by atoms with Gasteiger partial charge in [0.15, 0.2) is 0 Å². The standard InChI is InChI=1S/C14H18ClNO3/c15-12-2-1-11(8-16-12)13(17)10-3-5-19-14(7-10)4-6-18-9-14/h1-2,8,10,13,17H,3-7,9H2. The van der Waals surface area contributed by atoms with Crippen molar-refractivity contribution in [3.63, 3.8) is 0 Å². The summed E-state index contributed by atoms with van der Waals surface area (Å²) >= 11 is 5.77. The fraction of sp³-hybridized carbons (Fsp3) is 0.643. The smallest absolute Gasteiger partial charge is 0.129 e. The molecule has 0 aliphatic carbocycles. The number of hydrogen-bond donors (Lipinski definition) is 1. The SMILES string of the molecule is OC(c1ccc(Cl)nc1)C1CCOC2(CCOC2)C1. The van der Waals surface area contributed by atoms with E-state index in [1.165, 1.54) is 0 Å². The van der Waals surface area contributed by atoms with Crippen molar-refractivity contribution in [1.29, 1.82) is 0 Å². The maximum absolute atomic E-state index is 10.5. The molecule has 2 aliphatic rings. The zero-order valence-electron chi connectivity index (χ0n) is 10.7. The van der Waals surface area contributed by atoms with Crippen molar-refractivity contribution in [1.82, 2.24) is 4.98 Å². The highest BCUT2D eigenvalue weighted by molar-refractivity contribution is 6.29. The Morgan fingerprint density at radius 2 is 2.32 bits per heavy atom. The van der Waals surface area contributed by atoms with Crippen LogP contribution in [0.25, 0.3) is 0 Å². The van der Waals surface area contributed by atoms with Gasteiger partial charge in [0.1, 0.15) is 5.15 Å². The lowest BCUT2D eigenvalue weighted by Crippen LogP contribution is -2.41. The molecule has 1 aromatic heterocycles. The first-order valence-electron chi connectivity index (χ1n) is 6.70. The number of rotatable bonds is 2. The highest BCUT2D eigenvalue weighted by Gasteiger charge is 2.42. The molecule has 2 saturated heterocycles. The maximum Gasteiger partial charge on any atom is 0.129 e. The van der Waals surface area contributed by atoms with E-state index in [2.05, 4.69) is 4.98 Å². The van der Waals surface area contributed by atoms with E-state index in [1.807, 2.05) is 6.07 Å². The van der Waals surface area contributed by atoms with E-state index in [4.69, 9.17) is 21.1 Å². The zero-order chi connectivity index (χ0) is 13.3. The molecule has 3 rings (SSSR count). The Morgan fingerprint density at radius 1 is 1.42 bits per heavy atom. The Kier molecular flexibility index (Phi) is 3.76. The molecule has 1 aromatic rings. The molecule has 1 spiro atoms. The number of pyridine rings is 1. The van der Waals surface area contributed by atoms with Crippen LogP contribution in [0.2, 0.25) is 5.15 Å². The second-order valence-corrected chi connectivity index (χ2v) is 5.83. The average molecular weight is 284 g/mol. The van der Waals surface area contributed by atoms with Crippen LogP contribution in [0.3, 0.4) is 0 Å². The monoisotopic (exact) mass is 283 g/mol. The lowest BCUT2D eigenvalue weighted by molar-refractivity contribution is -0.117. The molecule has 2 aliphatic heterocycles. The van der Waals surface area contributed by atoms with E-state index < -0.39 is 6.10 Å². The van der Waals surface area contributed by atoms with Gasteiger partial charge in [-0.05, 0) is 30.4 Å². The van der Waals surface area contributed by atoms with Gasteiger partial charge in [-0.15, -0.1) is 0 Å². The number of aliphatic hydroxyl groups is 1. The molecule has 0 radical (unpaired) electrons. The molecule has 0 amide bonds. The zero-order valence-corrected chi connectivity index (χ0v) is 11.5. The molecule has 104 valence electrons. The molecule has 4 nitrogen and oxygen atoms in total. The van der Waals surface area contributed by atoms with E-state index in [0.717, 1.165) is 31.4 Å². The van der Waals surface area contributed by atoms with Gasteiger partial charge in [-0.3, -0.25) is 0 Å². The Balaban J connectivity index is 1.72. The van der Waals surface area contributed by atoms with Crippen molar-refractivity contribution in [2.75, 3.05) is 19.8 Å². The maximum atomic E-state index is 10.5. The Morgan fingerprint density at radius 3 is 3.00 bits per heavy atom. The molecule has 5 heteroatoms. The first-order valence-corrected chi connectivity index (χ1v) is 7.08. The van der Waals surface area contributed by atoms with Gasteiger partial charge in [0.2, 0.25) is 0 Å². The molecular weight excluding hydrogens is 266 g/mol. The molecule has 3 heterocycles. The number of aliphatic hydroxyl groups excluding tert-OH is 1. The lowest BCUT2D eigenvalue weighted by Gasteiger charge is -2.39. The number of hydrogen-bond acceptors (Lipinski definition) is 4. The van der Waals surface area contributed by atoms with Gasteiger partial charge < -0.3 is 14.6 Å². The van der Waals surface area contributed by atoms with Crippen LogP contribution >= 0.6 is 11.6 Å². The van der Waals surface area contributed by atoms with Crippen LogP contribution in [0.5, 0.6) is 0 Å². The molecule has 19 heavy (non-hydrogen) atoms. The minimum Gasteiger partial charge on any atom is -0.388 e. The van der Waals surface area contributed by atoms with Crippen LogP contribution in [-0.2, 0) is 9.47 Å². The predicted molar refractivity (Wildman–Crippen MR) is 71.0 cm³/mol. The number of nitrogens with zero attached hydrogens (tertiary/aromatic N) is 1. The molecule has 3 unspecified atom stereocenters. The summed E-state index contributed by atoms with van der Waals surface area (Å²) < 4.78 is 11.3. The van der Waals surface area contributed by atoms with Gasteiger partial charge in [0, 0.05) is 25.8 Å². The fourth-order valence-corrected chi connectivity index (χ4v) is 3.14. The summed E-state index contributed by atoms with van der Waals surface area (Å²) in [6.07, 6.45) is 3.78. The Labute approximate surface area is 117 Å². The Bertz CT molecular complexity index is 431. The lowest BCUT2D eigenvalue weighted by atomic mass is 9.80. The summed E-state index contributed by atoms with van der Waals surface area (Å²) in [5, 5.41) is 10.9. The molecule has 0 aromatic carbocycles. The second-order valence-electron chi connectivity index (χ2n) is 5.45. The average Bonchev–Trinajstić information content (AvgIpc) is 2.87. The molecule has 1 N–H and O–H groups in total. The molecule has 2 fully saturated rings. The summed E-state index contributed by atoms with van der Waals surface area (Å²) in [5.41, 5.74) is 0.648. The number of aromatic nitrogens is 1.